The summed E-state index contributed by atoms with van der Waals surface area (Å²) in [4.78, 5) is 34.9. The molecule has 1 amide bonds. The van der Waals surface area contributed by atoms with Crippen molar-refractivity contribution in [1.29, 1.82) is 0 Å². The molecular weight excluding hydrogens is 350 g/mol. The highest BCUT2D eigenvalue weighted by Crippen LogP contribution is 2.20. The second-order valence-electron chi connectivity index (χ2n) is 7.94. The first-order valence-corrected chi connectivity index (χ1v) is 9.93. The van der Waals surface area contributed by atoms with Crippen LogP contribution in [-0.4, -0.2) is 36.0 Å². The van der Waals surface area contributed by atoms with E-state index in [0.717, 1.165) is 25.7 Å². The maximum atomic E-state index is 12.1. The number of rotatable bonds is 13. The van der Waals surface area contributed by atoms with E-state index in [2.05, 4.69) is 19.2 Å². The van der Waals surface area contributed by atoms with Gasteiger partial charge >= 0.3 is 18.0 Å². The Morgan fingerprint density at radius 1 is 1.04 bits per heavy atom. The number of carboxylic acid groups (broad SMARTS) is 1. The summed E-state index contributed by atoms with van der Waals surface area (Å²) in [5.74, 6) is -1.61. The van der Waals surface area contributed by atoms with Crippen molar-refractivity contribution in [3.63, 3.8) is 0 Å². The fourth-order valence-electron chi connectivity index (χ4n) is 2.65. The van der Waals surface area contributed by atoms with Crippen molar-refractivity contribution < 1.29 is 29.0 Å². The van der Waals surface area contributed by atoms with E-state index in [4.69, 9.17) is 14.6 Å². The summed E-state index contributed by atoms with van der Waals surface area (Å²) >= 11 is 0. The second-order valence-corrected chi connectivity index (χ2v) is 7.94. The monoisotopic (exact) mass is 387 g/mol. The number of carbonyl (C=O) groups excluding carboxylic acids is 2. The number of amides is 1. The van der Waals surface area contributed by atoms with Crippen molar-refractivity contribution in [1.82, 2.24) is 5.32 Å². The van der Waals surface area contributed by atoms with Crippen LogP contribution in [0.15, 0.2) is 0 Å². The Labute approximate surface area is 163 Å². The number of hydrogen-bond donors (Lipinski definition) is 2. The van der Waals surface area contributed by atoms with Crippen molar-refractivity contribution >= 4 is 18.0 Å². The Hall–Kier alpha value is -1.79. The zero-order chi connectivity index (χ0) is 21.0. The zero-order valence-electron chi connectivity index (χ0n) is 17.6. The van der Waals surface area contributed by atoms with Crippen LogP contribution in [0.1, 0.15) is 73.6 Å². The molecule has 0 rings (SSSR count). The van der Waals surface area contributed by atoms with Gasteiger partial charge in [0.05, 0.1) is 5.92 Å². The molecule has 0 aromatic carbocycles. The molecule has 0 aliphatic carbocycles. The van der Waals surface area contributed by atoms with Gasteiger partial charge in [-0.05, 0) is 18.3 Å². The standard InChI is InChI=1S/C20H37NO6/c1-7-8-9-15(6)10-16(11-17(22)23)12-21-20(25)27-19(14(4)5)26-18(24)13(2)3/h13-16,19H,7-12H2,1-6H3,(H,21,25)(H,22,23)/t15-,16+,19+/m1/s1. The lowest BCUT2D eigenvalue weighted by Crippen LogP contribution is -2.37. The Kier molecular flexibility index (Phi) is 12.5. The number of ether oxygens (including phenoxy) is 2. The van der Waals surface area contributed by atoms with Crippen LogP contribution in [-0.2, 0) is 19.1 Å². The maximum Gasteiger partial charge on any atom is 0.410 e. The molecule has 0 aliphatic rings. The topological polar surface area (TPSA) is 102 Å². The molecule has 0 bridgehead atoms. The van der Waals surface area contributed by atoms with Gasteiger partial charge in [0.25, 0.3) is 6.29 Å². The summed E-state index contributed by atoms with van der Waals surface area (Å²) in [6, 6.07) is 0. The van der Waals surface area contributed by atoms with Crippen LogP contribution in [0.25, 0.3) is 0 Å². The highest BCUT2D eigenvalue weighted by atomic mass is 16.7. The quantitative estimate of drug-likeness (QED) is 0.363. The van der Waals surface area contributed by atoms with Gasteiger partial charge in [-0.15, -0.1) is 0 Å². The lowest BCUT2D eigenvalue weighted by atomic mass is 9.90. The molecule has 0 radical (unpaired) electrons. The van der Waals surface area contributed by atoms with Gasteiger partial charge in [0.2, 0.25) is 0 Å². The summed E-state index contributed by atoms with van der Waals surface area (Å²) in [5, 5.41) is 11.7. The highest BCUT2D eigenvalue weighted by molar-refractivity contribution is 5.72. The van der Waals surface area contributed by atoms with Gasteiger partial charge in [0.1, 0.15) is 0 Å². The van der Waals surface area contributed by atoms with E-state index in [1.165, 1.54) is 0 Å². The van der Waals surface area contributed by atoms with Crippen LogP contribution in [0.5, 0.6) is 0 Å². The Balaban J connectivity index is 4.62. The van der Waals surface area contributed by atoms with E-state index >= 15 is 0 Å². The van der Waals surface area contributed by atoms with Crippen LogP contribution >= 0.6 is 0 Å². The molecule has 0 aliphatic heterocycles. The average molecular weight is 388 g/mol. The zero-order valence-corrected chi connectivity index (χ0v) is 17.6. The number of alkyl carbamates (subject to hydrolysis) is 1. The predicted molar refractivity (Wildman–Crippen MR) is 103 cm³/mol. The van der Waals surface area contributed by atoms with Crippen LogP contribution in [0.3, 0.4) is 0 Å². The van der Waals surface area contributed by atoms with E-state index in [1.54, 1.807) is 27.7 Å². The van der Waals surface area contributed by atoms with E-state index in [0.29, 0.717) is 5.92 Å². The van der Waals surface area contributed by atoms with Crippen LogP contribution in [0.2, 0.25) is 0 Å². The smallest absolute Gasteiger partial charge is 0.410 e. The molecule has 0 unspecified atom stereocenters. The molecule has 0 aromatic rings. The molecule has 7 heteroatoms. The largest absolute Gasteiger partial charge is 0.481 e. The number of hydrogen-bond acceptors (Lipinski definition) is 5. The predicted octanol–water partition coefficient (Wildman–Crippen LogP) is 4.20. The number of aliphatic carboxylic acids is 1. The Morgan fingerprint density at radius 3 is 2.15 bits per heavy atom. The van der Waals surface area contributed by atoms with Crippen LogP contribution < -0.4 is 5.32 Å². The minimum absolute atomic E-state index is 0.00725. The summed E-state index contributed by atoms with van der Waals surface area (Å²) in [7, 11) is 0. The highest BCUT2D eigenvalue weighted by Gasteiger charge is 2.25. The Morgan fingerprint density at radius 2 is 1.67 bits per heavy atom. The molecule has 0 spiro atoms. The van der Waals surface area contributed by atoms with Crippen LogP contribution in [0, 0.1) is 23.7 Å². The van der Waals surface area contributed by atoms with E-state index < -0.39 is 24.3 Å². The van der Waals surface area contributed by atoms with Crippen LogP contribution in [0.4, 0.5) is 4.79 Å². The average Bonchev–Trinajstić information content (AvgIpc) is 2.56. The van der Waals surface area contributed by atoms with Crippen molar-refractivity contribution in [2.24, 2.45) is 23.7 Å². The molecule has 27 heavy (non-hydrogen) atoms. The third-order valence-corrected chi connectivity index (χ3v) is 4.26. The minimum Gasteiger partial charge on any atom is -0.481 e. The van der Waals surface area contributed by atoms with Crippen molar-refractivity contribution in [3.05, 3.63) is 0 Å². The Bertz CT molecular complexity index is 463. The molecule has 7 nitrogen and oxygen atoms in total. The first-order chi connectivity index (χ1) is 12.6. The molecule has 0 saturated carbocycles. The number of nitrogens with one attached hydrogen (secondary N) is 1. The second kappa shape index (κ2) is 13.4. The lowest BCUT2D eigenvalue weighted by Gasteiger charge is -2.24. The van der Waals surface area contributed by atoms with Gasteiger partial charge in [-0.1, -0.05) is 60.8 Å². The van der Waals surface area contributed by atoms with E-state index in [1.807, 2.05) is 0 Å². The SMILES string of the molecule is CCCC[C@@H](C)C[C@H](CNC(=O)O[C@H](OC(=O)C(C)C)C(C)C)CC(=O)O. The van der Waals surface area contributed by atoms with Gasteiger partial charge in [-0.3, -0.25) is 9.59 Å². The van der Waals surface area contributed by atoms with E-state index in [9.17, 15) is 14.4 Å². The summed E-state index contributed by atoms with van der Waals surface area (Å²) in [5.41, 5.74) is 0. The molecule has 158 valence electrons. The number of carboxylic acids is 1. The van der Waals surface area contributed by atoms with Crippen molar-refractivity contribution in [2.45, 2.75) is 79.9 Å². The van der Waals surface area contributed by atoms with Gasteiger partial charge in [0, 0.05) is 18.9 Å². The van der Waals surface area contributed by atoms with E-state index in [-0.39, 0.29) is 30.7 Å². The molecule has 0 fully saturated rings. The molecule has 3 atom stereocenters. The van der Waals surface area contributed by atoms with Gasteiger partial charge in [0.15, 0.2) is 0 Å². The third-order valence-electron chi connectivity index (χ3n) is 4.26. The lowest BCUT2D eigenvalue weighted by molar-refractivity contribution is -0.178. The molecule has 0 aromatic heterocycles. The number of esters is 1. The number of unbranched alkanes of at least 4 members (excludes halogenated alkanes) is 1. The molecular formula is C20H37NO6. The van der Waals surface area contributed by atoms with Crippen molar-refractivity contribution in [2.75, 3.05) is 6.54 Å². The normalized spacial score (nSPS) is 14.5. The molecule has 2 N–H and O–H groups in total. The first-order valence-electron chi connectivity index (χ1n) is 9.93. The number of carbonyl (C=O) groups is 3. The van der Waals surface area contributed by atoms with Gasteiger partial charge < -0.3 is 19.9 Å². The summed E-state index contributed by atoms with van der Waals surface area (Å²) < 4.78 is 10.4. The van der Waals surface area contributed by atoms with Crippen molar-refractivity contribution in [3.8, 4) is 0 Å². The van der Waals surface area contributed by atoms with Gasteiger partial charge in [-0.2, -0.15) is 0 Å². The van der Waals surface area contributed by atoms with Gasteiger partial charge in [-0.25, -0.2) is 4.79 Å². The molecule has 0 saturated heterocycles. The maximum absolute atomic E-state index is 12.1. The fraction of sp³-hybridized carbons (Fsp3) is 0.850. The third kappa shape index (κ3) is 12.3. The summed E-state index contributed by atoms with van der Waals surface area (Å²) in [6.45, 7) is 11.4. The minimum atomic E-state index is -0.971. The fourth-order valence-corrected chi connectivity index (χ4v) is 2.65. The molecule has 0 heterocycles. The first kappa shape index (κ1) is 25.2. The summed E-state index contributed by atoms with van der Waals surface area (Å²) in [6.07, 6.45) is 2.29.